The topological polar surface area (TPSA) is 22.1 Å². The van der Waals surface area contributed by atoms with Crippen molar-refractivity contribution in [1.29, 1.82) is 0 Å². The highest BCUT2D eigenvalue weighted by Crippen LogP contribution is 2.34. The van der Waals surface area contributed by atoms with Gasteiger partial charge in [0.15, 0.2) is 0 Å². The third kappa shape index (κ3) is 2.26. The van der Waals surface area contributed by atoms with E-state index in [2.05, 4.69) is 31.0 Å². The Bertz CT molecular complexity index is 520. The summed E-state index contributed by atoms with van der Waals surface area (Å²) in [4.78, 5) is 4.28. The molecule has 0 bridgehead atoms. The Kier molecular flexibility index (Phi) is 3.62. The molecule has 0 fully saturated rings. The van der Waals surface area contributed by atoms with Crippen LogP contribution >= 0.6 is 0 Å². The summed E-state index contributed by atoms with van der Waals surface area (Å²) < 4.78 is 5.64. The molecule has 90 valence electrons. The van der Waals surface area contributed by atoms with Crippen molar-refractivity contribution < 1.29 is 4.74 Å². The van der Waals surface area contributed by atoms with Crippen molar-refractivity contribution in [2.45, 2.75) is 33.6 Å². The minimum absolute atomic E-state index is 0.815. The van der Waals surface area contributed by atoms with Crippen molar-refractivity contribution in [2.75, 3.05) is 6.61 Å². The quantitative estimate of drug-likeness (QED) is 0.683. The molecule has 2 nitrogen and oxygen atoms in total. The Labute approximate surface area is 103 Å². The Balaban J connectivity index is 0.000000329. The molecular formula is C15H19NO. The second-order valence-corrected chi connectivity index (χ2v) is 4.35. The molecule has 0 spiro atoms. The molecule has 1 aromatic heterocycles. The second kappa shape index (κ2) is 5.17. The number of hydrogen-bond acceptors (Lipinski definition) is 2. The highest BCUT2D eigenvalue weighted by atomic mass is 16.5. The summed E-state index contributed by atoms with van der Waals surface area (Å²) in [5, 5.41) is 2.40. The van der Waals surface area contributed by atoms with E-state index in [1.165, 1.54) is 22.8 Å². The Morgan fingerprint density at radius 1 is 1.18 bits per heavy atom. The number of nitrogens with zero attached hydrogens (tertiary/aromatic N) is 1. The van der Waals surface area contributed by atoms with Crippen LogP contribution in [-0.4, -0.2) is 11.6 Å². The SMILES string of the molecule is CCC.Cc1nccc2c3c(ccc12)CCO3. The normalized spacial score (nSPS) is 12.6. The molecule has 0 saturated heterocycles. The first-order valence-corrected chi connectivity index (χ1v) is 6.28. The number of ether oxygens (including phenoxy) is 1. The second-order valence-electron chi connectivity index (χ2n) is 4.35. The molecule has 0 radical (unpaired) electrons. The summed E-state index contributed by atoms with van der Waals surface area (Å²) in [7, 11) is 0. The van der Waals surface area contributed by atoms with Crippen LogP contribution in [0.15, 0.2) is 24.4 Å². The first-order chi connectivity index (χ1) is 8.27. The van der Waals surface area contributed by atoms with Gasteiger partial charge >= 0.3 is 0 Å². The predicted molar refractivity (Wildman–Crippen MR) is 71.6 cm³/mol. The van der Waals surface area contributed by atoms with Crippen molar-refractivity contribution >= 4 is 10.8 Å². The maximum atomic E-state index is 5.64. The zero-order chi connectivity index (χ0) is 12.3. The van der Waals surface area contributed by atoms with E-state index in [1.807, 2.05) is 19.2 Å². The molecule has 2 heterocycles. The van der Waals surface area contributed by atoms with Gasteiger partial charge in [0, 0.05) is 29.1 Å². The Morgan fingerprint density at radius 2 is 1.94 bits per heavy atom. The van der Waals surface area contributed by atoms with Crippen LogP contribution in [0.4, 0.5) is 0 Å². The van der Waals surface area contributed by atoms with Gasteiger partial charge in [0.05, 0.1) is 6.61 Å². The largest absolute Gasteiger partial charge is 0.492 e. The van der Waals surface area contributed by atoms with Crippen LogP contribution in [0.25, 0.3) is 10.8 Å². The fraction of sp³-hybridized carbons (Fsp3) is 0.400. The van der Waals surface area contributed by atoms with Crippen molar-refractivity contribution in [3.05, 3.63) is 35.7 Å². The Morgan fingerprint density at radius 3 is 2.71 bits per heavy atom. The average Bonchev–Trinajstić information content (AvgIpc) is 2.79. The molecule has 0 N–H and O–H groups in total. The molecule has 2 heteroatoms. The molecule has 0 unspecified atom stereocenters. The molecule has 1 aliphatic heterocycles. The van der Waals surface area contributed by atoms with Crippen LogP contribution in [0.1, 0.15) is 31.5 Å². The molecule has 0 atom stereocenters. The molecule has 0 aliphatic carbocycles. The molecule has 0 amide bonds. The van der Waals surface area contributed by atoms with E-state index in [9.17, 15) is 0 Å². The third-order valence-corrected chi connectivity index (χ3v) is 2.79. The van der Waals surface area contributed by atoms with Gasteiger partial charge in [0.25, 0.3) is 0 Å². The van der Waals surface area contributed by atoms with E-state index < -0.39 is 0 Å². The lowest BCUT2D eigenvalue weighted by Gasteiger charge is -2.05. The number of hydrogen-bond donors (Lipinski definition) is 0. The summed E-state index contributed by atoms with van der Waals surface area (Å²) in [5.41, 5.74) is 2.39. The lowest BCUT2D eigenvalue weighted by Crippen LogP contribution is -1.88. The number of aromatic nitrogens is 1. The summed E-state index contributed by atoms with van der Waals surface area (Å²) in [6, 6.07) is 6.33. The lowest BCUT2D eigenvalue weighted by molar-refractivity contribution is 0.360. The van der Waals surface area contributed by atoms with Crippen LogP contribution < -0.4 is 4.74 Å². The van der Waals surface area contributed by atoms with Gasteiger partial charge in [-0.2, -0.15) is 0 Å². The molecule has 17 heavy (non-hydrogen) atoms. The van der Waals surface area contributed by atoms with Crippen molar-refractivity contribution in [3.8, 4) is 5.75 Å². The van der Waals surface area contributed by atoms with Gasteiger partial charge in [-0.25, -0.2) is 0 Å². The minimum Gasteiger partial charge on any atom is -0.492 e. The summed E-state index contributed by atoms with van der Waals surface area (Å²) in [5.74, 6) is 1.06. The van der Waals surface area contributed by atoms with Gasteiger partial charge < -0.3 is 4.74 Å². The van der Waals surface area contributed by atoms with Crippen LogP contribution in [0, 0.1) is 6.92 Å². The fourth-order valence-electron chi connectivity index (χ4n) is 2.05. The monoisotopic (exact) mass is 229 g/mol. The zero-order valence-electron chi connectivity index (χ0n) is 10.8. The molecule has 1 aliphatic rings. The van der Waals surface area contributed by atoms with Crippen LogP contribution in [0.5, 0.6) is 5.75 Å². The van der Waals surface area contributed by atoms with E-state index in [-0.39, 0.29) is 0 Å². The molecular weight excluding hydrogens is 210 g/mol. The van der Waals surface area contributed by atoms with Crippen molar-refractivity contribution in [2.24, 2.45) is 0 Å². The summed E-state index contributed by atoms with van der Waals surface area (Å²) in [6.45, 7) is 7.10. The van der Waals surface area contributed by atoms with Gasteiger partial charge in [-0.3, -0.25) is 4.98 Å². The first-order valence-electron chi connectivity index (χ1n) is 6.28. The lowest BCUT2D eigenvalue weighted by atomic mass is 10.0. The van der Waals surface area contributed by atoms with Gasteiger partial charge in [-0.1, -0.05) is 32.4 Å². The highest BCUT2D eigenvalue weighted by molar-refractivity contribution is 5.91. The summed E-state index contributed by atoms with van der Waals surface area (Å²) in [6.07, 6.45) is 4.13. The van der Waals surface area contributed by atoms with Gasteiger partial charge in [-0.05, 0) is 18.6 Å². The number of fused-ring (bicyclic) bond motifs is 3. The zero-order valence-corrected chi connectivity index (χ0v) is 10.8. The fourth-order valence-corrected chi connectivity index (χ4v) is 2.05. The Hall–Kier alpha value is -1.57. The van der Waals surface area contributed by atoms with E-state index in [1.54, 1.807) is 0 Å². The number of rotatable bonds is 0. The predicted octanol–water partition coefficient (Wildman–Crippen LogP) is 3.89. The third-order valence-electron chi connectivity index (χ3n) is 2.79. The first kappa shape index (κ1) is 11.9. The van der Waals surface area contributed by atoms with Crippen LogP contribution in [-0.2, 0) is 6.42 Å². The van der Waals surface area contributed by atoms with Gasteiger partial charge in [0.2, 0.25) is 0 Å². The average molecular weight is 229 g/mol. The number of pyridine rings is 1. The van der Waals surface area contributed by atoms with E-state index in [4.69, 9.17) is 4.74 Å². The molecule has 2 aromatic rings. The molecule has 3 rings (SSSR count). The molecule has 1 aromatic carbocycles. The maximum Gasteiger partial charge on any atom is 0.130 e. The van der Waals surface area contributed by atoms with Gasteiger partial charge in [0.1, 0.15) is 5.75 Å². The van der Waals surface area contributed by atoms with Crippen LogP contribution in [0.3, 0.4) is 0 Å². The number of aryl methyl sites for hydroxylation is 1. The van der Waals surface area contributed by atoms with E-state index in [0.29, 0.717) is 0 Å². The molecule has 0 saturated carbocycles. The van der Waals surface area contributed by atoms with Crippen LogP contribution in [0.2, 0.25) is 0 Å². The van der Waals surface area contributed by atoms with E-state index in [0.717, 1.165) is 24.5 Å². The standard InChI is InChI=1S/C12H11NO.C3H8/c1-8-10-3-2-9-5-7-14-12(9)11(10)4-6-13-8;1-3-2/h2-4,6H,5,7H2,1H3;3H2,1-2H3. The van der Waals surface area contributed by atoms with Crippen molar-refractivity contribution in [3.63, 3.8) is 0 Å². The smallest absolute Gasteiger partial charge is 0.130 e. The maximum absolute atomic E-state index is 5.64. The number of benzene rings is 1. The minimum atomic E-state index is 0.815. The van der Waals surface area contributed by atoms with E-state index >= 15 is 0 Å². The van der Waals surface area contributed by atoms with Gasteiger partial charge in [-0.15, -0.1) is 0 Å². The van der Waals surface area contributed by atoms with Crippen molar-refractivity contribution in [1.82, 2.24) is 4.98 Å². The highest BCUT2D eigenvalue weighted by Gasteiger charge is 2.15. The summed E-state index contributed by atoms with van der Waals surface area (Å²) >= 11 is 0.